The van der Waals surface area contributed by atoms with Gasteiger partial charge in [0.25, 0.3) is 0 Å². The summed E-state index contributed by atoms with van der Waals surface area (Å²) in [6, 6.07) is 12.0. The van der Waals surface area contributed by atoms with Crippen molar-refractivity contribution >= 4 is 50.8 Å². The first kappa shape index (κ1) is 19.8. The lowest BCUT2D eigenvalue weighted by Gasteiger charge is -2.08. The summed E-state index contributed by atoms with van der Waals surface area (Å²) in [6.45, 7) is 0.301. The average Bonchev–Trinajstić information content (AvgIpc) is 2.58. The highest BCUT2D eigenvalue weighted by atomic mass is 79.9. The third-order valence-corrected chi connectivity index (χ3v) is 4.32. The first-order valence-electron chi connectivity index (χ1n) is 7.59. The predicted molar refractivity (Wildman–Crippen MR) is 103 cm³/mol. The topological polar surface area (TPSA) is 55.4 Å². The summed E-state index contributed by atoms with van der Waals surface area (Å²) in [7, 11) is 0. The molecule has 0 spiro atoms. The summed E-state index contributed by atoms with van der Waals surface area (Å²) in [5.74, 6) is 0.177. The molecule has 1 amide bonds. The number of benzene rings is 2. The van der Waals surface area contributed by atoms with Crippen LogP contribution in [0.15, 0.2) is 46.9 Å². The van der Waals surface area contributed by atoms with Crippen molar-refractivity contribution < 1.29 is 14.3 Å². The number of ether oxygens (including phenoxy) is 1. The number of nitrogens with one attached hydrogen (secondary N) is 1. The van der Waals surface area contributed by atoms with Gasteiger partial charge in [0.15, 0.2) is 5.78 Å². The first-order valence-corrected chi connectivity index (χ1v) is 9.14. The maximum atomic E-state index is 12.0. The van der Waals surface area contributed by atoms with Gasteiger partial charge in [0.1, 0.15) is 5.75 Å². The maximum absolute atomic E-state index is 12.0. The average molecular weight is 445 g/mol. The Morgan fingerprint density at radius 3 is 2.64 bits per heavy atom. The van der Waals surface area contributed by atoms with Crippen LogP contribution in [0.1, 0.15) is 23.2 Å². The zero-order valence-electron chi connectivity index (χ0n) is 13.2. The molecule has 132 valence electrons. The molecule has 0 aliphatic carbocycles. The van der Waals surface area contributed by atoms with Crippen LogP contribution in [0.25, 0.3) is 0 Å². The molecule has 7 heteroatoms. The van der Waals surface area contributed by atoms with Crippen molar-refractivity contribution in [3.63, 3.8) is 0 Å². The van der Waals surface area contributed by atoms with E-state index in [9.17, 15) is 9.59 Å². The van der Waals surface area contributed by atoms with Crippen molar-refractivity contribution in [1.29, 1.82) is 0 Å². The molecule has 2 rings (SSSR count). The zero-order valence-corrected chi connectivity index (χ0v) is 16.3. The summed E-state index contributed by atoms with van der Waals surface area (Å²) < 4.78 is 6.40. The van der Waals surface area contributed by atoms with E-state index >= 15 is 0 Å². The second-order valence-corrected chi connectivity index (χ2v) is 7.00. The van der Waals surface area contributed by atoms with Gasteiger partial charge in [-0.1, -0.05) is 51.3 Å². The first-order chi connectivity index (χ1) is 12.0. The molecular weight excluding hydrogens is 429 g/mol. The maximum Gasteiger partial charge on any atom is 0.220 e. The fourth-order valence-corrected chi connectivity index (χ4v) is 2.96. The van der Waals surface area contributed by atoms with Crippen molar-refractivity contribution in [2.75, 3.05) is 13.2 Å². The normalized spacial score (nSPS) is 10.4. The Hall–Kier alpha value is -1.56. The number of carbonyl (C=O) groups excluding carboxylic acids is 2. The quantitative estimate of drug-likeness (QED) is 0.464. The van der Waals surface area contributed by atoms with Gasteiger partial charge < -0.3 is 10.1 Å². The zero-order chi connectivity index (χ0) is 18.2. The van der Waals surface area contributed by atoms with Gasteiger partial charge in [0, 0.05) is 21.5 Å². The number of ketones is 1. The Bertz CT molecular complexity index is 768. The number of Topliss-reactive ketones (excluding diaryl/α,β-unsaturated/α-hetero) is 1. The Labute approximate surface area is 164 Å². The van der Waals surface area contributed by atoms with Crippen LogP contribution in [0.2, 0.25) is 10.0 Å². The number of rotatable bonds is 8. The van der Waals surface area contributed by atoms with E-state index in [1.165, 1.54) is 0 Å². The van der Waals surface area contributed by atoms with E-state index in [0.29, 0.717) is 34.4 Å². The molecule has 2 aromatic rings. The lowest BCUT2D eigenvalue weighted by Crippen LogP contribution is -2.29. The summed E-state index contributed by atoms with van der Waals surface area (Å²) >= 11 is 15.2. The number of carbonyl (C=O) groups is 2. The Morgan fingerprint density at radius 2 is 1.92 bits per heavy atom. The molecule has 0 fully saturated rings. The van der Waals surface area contributed by atoms with Crippen molar-refractivity contribution in [1.82, 2.24) is 5.32 Å². The van der Waals surface area contributed by atoms with E-state index in [-0.39, 0.29) is 24.7 Å². The van der Waals surface area contributed by atoms with Crippen LogP contribution < -0.4 is 10.1 Å². The molecule has 0 aliphatic rings. The van der Waals surface area contributed by atoms with Crippen LogP contribution in [0.3, 0.4) is 0 Å². The van der Waals surface area contributed by atoms with Crippen molar-refractivity contribution in [2.24, 2.45) is 0 Å². The molecule has 2 aromatic carbocycles. The van der Waals surface area contributed by atoms with Gasteiger partial charge in [-0.25, -0.2) is 0 Å². The molecule has 0 aromatic heterocycles. The molecule has 25 heavy (non-hydrogen) atoms. The van der Waals surface area contributed by atoms with Crippen LogP contribution >= 0.6 is 39.1 Å². The van der Waals surface area contributed by atoms with E-state index in [0.717, 1.165) is 4.47 Å². The molecule has 1 N–H and O–H groups in total. The molecule has 0 unspecified atom stereocenters. The Balaban J connectivity index is 1.68. The second kappa shape index (κ2) is 9.80. The lowest BCUT2D eigenvalue weighted by molar-refractivity contribution is -0.121. The second-order valence-electron chi connectivity index (χ2n) is 5.24. The van der Waals surface area contributed by atoms with Gasteiger partial charge >= 0.3 is 0 Å². The summed E-state index contributed by atoms with van der Waals surface area (Å²) in [6.07, 6.45) is 0.778. The number of hydrogen-bond acceptors (Lipinski definition) is 3. The van der Waals surface area contributed by atoms with Gasteiger partial charge in [0.2, 0.25) is 5.91 Å². The van der Waals surface area contributed by atoms with Gasteiger partial charge in [-0.2, -0.15) is 0 Å². The minimum atomic E-state index is -0.208. The van der Waals surface area contributed by atoms with E-state index in [1.54, 1.807) is 36.4 Å². The molecule has 4 nitrogen and oxygen atoms in total. The smallest absolute Gasteiger partial charge is 0.220 e. The van der Waals surface area contributed by atoms with Crippen molar-refractivity contribution in [3.05, 3.63) is 62.5 Å². The van der Waals surface area contributed by atoms with E-state index in [2.05, 4.69) is 21.2 Å². The number of halogens is 3. The molecule has 0 saturated heterocycles. The van der Waals surface area contributed by atoms with Crippen LogP contribution in [-0.4, -0.2) is 24.8 Å². The molecule has 0 aliphatic heterocycles. The van der Waals surface area contributed by atoms with Gasteiger partial charge in [-0.15, -0.1) is 0 Å². The third-order valence-electron chi connectivity index (χ3n) is 3.29. The Morgan fingerprint density at radius 1 is 1.12 bits per heavy atom. The molecule has 0 atom stereocenters. The van der Waals surface area contributed by atoms with E-state index < -0.39 is 0 Å². The molecule has 0 heterocycles. The highest BCUT2D eigenvalue weighted by molar-refractivity contribution is 9.10. The van der Waals surface area contributed by atoms with Gasteiger partial charge in [-0.05, 0) is 36.8 Å². The van der Waals surface area contributed by atoms with Crippen LogP contribution in [-0.2, 0) is 4.79 Å². The van der Waals surface area contributed by atoms with Crippen LogP contribution in [0.5, 0.6) is 5.75 Å². The monoisotopic (exact) mass is 443 g/mol. The molecule has 0 radical (unpaired) electrons. The van der Waals surface area contributed by atoms with Gasteiger partial charge in [-0.3, -0.25) is 9.59 Å². The standard InChI is InChI=1S/C18H16BrCl2NO3/c19-13-6-7-17(15(21)10-13)25-8-2-5-18(24)22-11-16(23)12-3-1-4-14(20)9-12/h1,3-4,6-7,9-10H,2,5,8,11H2,(H,22,24). The SMILES string of the molecule is O=C(CCCOc1ccc(Br)cc1Cl)NCC(=O)c1cccc(Cl)c1. The highest BCUT2D eigenvalue weighted by Crippen LogP contribution is 2.27. The highest BCUT2D eigenvalue weighted by Gasteiger charge is 2.09. The third kappa shape index (κ3) is 6.69. The molecule has 0 saturated carbocycles. The fraction of sp³-hybridized carbons (Fsp3) is 0.222. The predicted octanol–water partition coefficient (Wildman–Crippen LogP) is 4.91. The minimum absolute atomic E-state index is 0.0570. The van der Waals surface area contributed by atoms with E-state index in [4.69, 9.17) is 27.9 Å². The van der Waals surface area contributed by atoms with Crippen molar-refractivity contribution in [2.45, 2.75) is 12.8 Å². The lowest BCUT2D eigenvalue weighted by atomic mass is 10.1. The number of amides is 1. The molecule has 0 bridgehead atoms. The molecular formula is C18H16BrCl2NO3. The largest absolute Gasteiger partial charge is 0.492 e. The van der Waals surface area contributed by atoms with Crippen LogP contribution in [0, 0.1) is 0 Å². The number of hydrogen-bond donors (Lipinski definition) is 1. The summed E-state index contributed by atoms with van der Waals surface area (Å²) in [4.78, 5) is 23.8. The fourth-order valence-electron chi connectivity index (χ4n) is 2.04. The van der Waals surface area contributed by atoms with Crippen molar-refractivity contribution in [3.8, 4) is 5.75 Å². The summed E-state index contributed by atoms with van der Waals surface area (Å²) in [5.41, 5.74) is 0.473. The Kier molecular flexibility index (Phi) is 7.75. The van der Waals surface area contributed by atoms with Gasteiger partial charge in [0.05, 0.1) is 18.2 Å². The summed E-state index contributed by atoms with van der Waals surface area (Å²) in [5, 5.41) is 3.59. The van der Waals surface area contributed by atoms with Crippen LogP contribution in [0.4, 0.5) is 0 Å². The minimum Gasteiger partial charge on any atom is -0.492 e. The van der Waals surface area contributed by atoms with E-state index in [1.807, 2.05) is 6.07 Å².